The van der Waals surface area contributed by atoms with E-state index in [1.807, 2.05) is 5.32 Å². The van der Waals surface area contributed by atoms with E-state index >= 15 is 0 Å². The van der Waals surface area contributed by atoms with Gasteiger partial charge in [0.15, 0.2) is 0 Å². The third-order valence-electron chi connectivity index (χ3n) is 3.47. The van der Waals surface area contributed by atoms with E-state index in [4.69, 9.17) is 21.7 Å². The van der Waals surface area contributed by atoms with Crippen molar-refractivity contribution >= 4 is 42.2 Å². The Morgan fingerprint density at radius 3 is 1.75 bits per heavy atom. The highest BCUT2D eigenvalue weighted by Gasteiger charge is 2.29. The van der Waals surface area contributed by atoms with Gasteiger partial charge in [0.05, 0.1) is 19.3 Å². The number of rotatable bonds is 13. The number of hydrogen-bond acceptors (Lipinski definition) is 9. The molecule has 0 saturated heterocycles. The molecule has 0 heterocycles. The number of carbonyl (C=O) groups excluding carboxylic acids is 4. The van der Waals surface area contributed by atoms with Crippen molar-refractivity contribution in [1.82, 2.24) is 16.0 Å². The second-order valence-electron chi connectivity index (χ2n) is 5.68. The van der Waals surface area contributed by atoms with Crippen molar-refractivity contribution in [3.63, 3.8) is 0 Å². The lowest BCUT2D eigenvalue weighted by Gasteiger charge is -2.23. The lowest BCUT2D eigenvalue weighted by atomic mass is 10.1. The molecule has 0 saturated carbocycles. The summed E-state index contributed by atoms with van der Waals surface area (Å²) in [5, 5.41) is 33.3. The van der Waals surface area contributed by atoms with Crippen molar-refractivity contribution in [2.24, 2.45) is 11.5 Å². The van der Waals surface area contributed by atoms with Gasteiger partial charge in [-0.15, -0.1) is 0 Å². The molecule has 4 amide bonds. The largest absolute Gasteiger partial charge is 0.480 e. The molecule has 0 fully saturated rings. The minimum Gasteiger partial charge on any atom is -0.480 e. The van der Waals surface area contributed by atoms with Crippen LogP contribution in [0.1, 0.15) is 12.8 Å². The van der Waals surface area contributed by atoms with Crippen LogP contribution in [0.5, 0.6) is 0 Å². The molecule has 160 valence electrons. The van der Waals surface area contributed by atoms with Gasteiger partial charge in [-0.3, -0.25) is 19.2 Å². The topological polar surface area (TPSA) is 234 Å². The zero-order chi connectivity index (χ0) is 21.9. The average Bonchev–Trinajstić information content (AvgIpc) is 2.65. The van der Waals surface area contributed by atoms with Crippen LogP contribution < -0.4 is 27.4 Å². The van der Waals surface area contributed by atoms with E-state index in [9.17, 15) is 29.1 Å². The number of aliphatic hydroxyl groups is 2. The highest BCUT2D eigenvalue weighted by Crippen LogP contribution is 1.98. The van der Waals surface area contributed by atoms with Gasteiger partial charge in [-0.05, 0) is 6.42 Å². The maximum Gasteiger partial charge on any atom is 0.328 e. The maximum atomic E-state index is 12.2. The van der Waals surface area contributed by atoms with E-state index in [0.717, 1.165) is 0 Å². The number of carboxylic acids is 1. The fraction of sp³-hybridized carbons (Fsp3) is 0.643. The van der Waals surface area contributed by atoms with E-state index in [1.54, 1.807) is 0 Å². The van der Waals surface area contributed by atoms with Gasteiger partial charge in [0, 0.05) is 12.2 Å². The van der Waals surface area contributed by atoms with Gasteiger partial charge in [0.1, 0.15) is 18.1 Å². The van der Waals surface area contributed by atoms with Crippen molar-refractivity contribution in [3.05, 3.63) is 0 Å². The number of nitrogens with two attached hydrogens (primary N) is 2. The highest BCUT2D eigenvalue weighted by molar-refractivity contribution is 7.80. The number of aliphatic carboxylic acids is 1. The van der Waals surface area contributed by atoms with Crippen molar-refractivity contribution in [2.45, 2.75) is 37.0 Å². The van der Waals surface area contributed by atoms with Gasteiger partial charge >= 0.3 is 5.97 Å². The van der Waals surface area contributed by atoms with Crippen LogP contribution in [0.15, 0.2) is 0 Å². The molecule has 0 aromatic carbocycles. The summed E-state index contributed by atoms with van der Waals surface area (Å²) in [5.41, 5.74) is 10.5. The van der Waals surface area contributed by atoms with Crippen molar-refractivity contribution in [2.75, 3.05) is 19.0 Å². The van der Waals surface area contributed by atoms with Gasteiger partial charge in [-0.25, -0.2) is 4.79 Å². The standard InChI is InChI=1S/C14H25N5O8S/c15-6(1-2-10(16)22)11(23)19-9(5-28)13(25)17-7(3-20)12(24)18-8(4-21)14(26)27/h6-9,20-21,28H,1-5,15H2,(H2,16,22)(H,17,25)(H,18,24)(H,19,23)(H,26,27). The molecule has 13 nitrogen and oxygen atoms in total. The Hall–Kier alpha value is -2.42. The fourth-order valence-corrected chi connectivity index (χ4v) is 2.08. The third-order valence-corrected chi connectivity index (χ3v) is 3.83. The molecule has 14 heteroatoms. The third kappa shape index (κ3) is 8.98. The van der Waals surface area contributed by atoms with Crippen molar-refractivity contribution < 1.29 is 39.3 Å². The number of hydrogen-bond donors (Lipinski definition) is 9. The molecule has 0 aliphatic heterocycles. The molecule has 4 atom stereocenters. The molecule has 0 aliphatic carbocycles. The number of carboxylic acid groups (broad SMARTS) is 1. The summed E-state index contributed by atoms with van der Waals surface area (Å²) in [5.74, 6) is -5.05. The van der Waals surface area contributed by atoms with Gasteiger partial charge < -0.3 is 42.7 Å². The number of primary amides is 1. The minimum atomic E-state index is -1.62. The van der Waals surface area contributed by atoms with E-state index in [-0.39, 0.29) is 18.6 Å². The Labute approximate surface area is 165 Å². The molecule has 0 bridgehead atoms. The number of aliphatic hydroxyl groups excluding tert-OH is 2. The average molecular weight is 423 g/mol. The summed E-state index contributed by atoms with van der Waals surface area (Å²) in [6.07, 6.45) is -0.170. The molecule has 0 rings (SSSR count). The summed E-state index contributed by atoms with van der Waals surface area (Å²) in [7, 11) is 0. The molecule has 0 aromatic heterocycles. The van der Waals surface area contributed by atoms with Crippen LogP contribution >= 0.6 is 12.6 Å². The van der Waals surface area contributed by atoms with E-state index < -0.39 is 67.0 Å². The lowest BCUT2D eigenvalue weighted by Crippen LogP contribution is -2.58. The van der Waals surface area contributed by atoms with Crippen LogP contribution in [0.4, 0.5) is 0 Å². The fourth-order valence-electron chi connectivity index (χ4n) is 1.83. The molecule has 10 N–H and O–H groups in total. The Kier molecular flexibility index (Phi) is 11.8. The quantitative estimate of drug-likeness (QED) is 0.129. The first-order valence-electron chi connectivity index (χ1n) is 8.07. The second-order valence-corrected chi connectivity index (χ2v) is 6.05. The summed E-state index contributed by atoms with van der Waals surface area (Å²) < 4.78 is 0. The Morgan fingerprint density at radius 1 is 0.857 bits per heavy atom. The Balaban J connectivity index is 4.86. The summed E-state index contributed by atoms with van der Waals surface area (Å²) in [4.78, 5) is 57.6. The summed E-state index contributed by atoms with van der Waals surface area (Å²) in [6.45, 7) is -1.77. The van der Waals surface area contributed by atoms with Gasteiger partial charge in [-0.1, -0.05) is 0 Å². The van der Waals surface area contributed by atoms with Crippen LogP contribution in [0.25, 0.3) is 0 Å². The van der Waals surface area contributed by atoms with Gasteiger partial charge in [-0.2, -0.15) is 12.6 Å². The number of thiol groups is 1. The van der Waals surface area contributed by atoms with Gasteiger partial charge in [0.2, 0.25) is 23.6 Å². The SMILES string of the molecule is NC(=O)CCC(N)C(=O)NC(CS)C(=O)NC(CO)C(=O)NC(CO)C(=O)O. The zero-order valence-corrected chi connectivity index (χ0v) is 15.7. The normalized spacial score (nSPS) is 14.9. The maximum absolute atomic E-state index is 12.2. The van der Waals surface area contributed by atoms with E-state index in [1.165, 1.54) is 0 Å². The summed E-state index contributed by atoms with van der Waals surface area (Å²) >= 11 is 3.92. The smallest absolute Gasteiger partial charge is 0.328 e. The van der Waals surface area contributed by atoms with Crippen molar-refractivity contribution in [1.29, 1.82) is 0 Å². The molecule has 0 spiro atoms. The predicted molar refractivity (Wildman–Crippen MR) is 97.9 cm³/mol. The first kappa shape index (κ1) is 25.6. The van der Waals surface area contributed by atoms with E-state index in [2.05, 4.69) is 23.3 Å². The van der Waals surface area contributed by atoms with Crippen LogP contribution in [0, 0.1) is 0 Å². The number of nitrogens with one attached hydrogen (secondary N) is 3. The second kappa shape index (κ2) is 12.9. The minimum absolute atomic E-state index is 0.0402. The molecule has 0 radical (unpaired) electrons. The predicted octanol–water partition coefficient (Wildman–Crippen LogP) is -4.97. The Bertz CT molecular complexity index is 590. The molecule has 0 aliphatic rings. The molecule has 0 aromatic rings. The highest BCUT2D eigenvalue weighted by atomic mass is 32.1. The molecular weight excluding hydrogens is 398 g/mol. The van der Waals surface area contributed by atoms with Gasteiger partial charge in [0.25, 0.3) is 0 Å². The lowest BCUT2D eigenvalue weighted by molar-refractivity contribution is -0.143. The molecule has 4 unspecified atom stereocenters. The first-order valence-corrected chi connectivity index (χ1v) is 8.70. The first-order chi connectivity index (χ1) is 13.1. The van der Waals surface area contributed by atoms with Crippen LogP contribution in [0.2, 0.25) is 0 Å². The summed E-state index contributed by atoms with van der Waals surface area (Å²) in [6, 6.07) is -5.50. The molecule has 28 heavy (non-hydrogen) atoms. The molecular formula is C14H25N5O8S. The van der Waals surface area contributed by atoms with Crippen LogP contribution in [0.3, 0.4) is 0 Å². The monoisotopic (exact) mass is 423 g/mol. The number of carbonyl (C=O) groups is 5. The Morgan fingerprint density at radius 2 is 1.32 bits per heavy atom. The van der Waals surface area contributed by atoms with Crippen LogP contribution in [-0.4, -0.2) is 88.1 Å². The van der Waals surface area contributed by atoms with Crippen LogP contribution in [-0.2, 0) is 24.0 Å². The number of amides is 4. The zero-order valence-electron chi connectivity index (χ0n) is 14.8. The van der Waals surface area contributed by atoms with E-state index in [0.29, 0.717) is 0 Å². The van der Waals surface area contributed by atoms with Crippen molar-refractivity contribution in [3.8, 4) is 0 Å².